The SMILES string of the molecule is CC1C=CC(C2=NC3(C)c4nc(-c5ccc(-c6ccc7ccc(-c8ccc9ccc(-c%10ccncc%10)nc9c8)nc7c6)c6ccccc56)ccc4C=CC3C=C2)CC1. The average molecular weight is 748 g/mol. The Hall–Kier alpha value is -6.85. The third-order valence-electron chi connectivity index (χ3n) is 12.5. The number of fused-ring (bicyclic) bond motifs is 6. The van der Waals surface area contributed by atoms with Crippen molar-refractivity contribution in [2.75, 3.05) is 0 Å². The minimum absolute atomic E-state index is 0.169. The van der Waals surface area contributed by atoms with Crippen LogP contribution in [-0.2, 0) is 5.54 Å². The summed E-state index contributed by atoms with van der Waals surface area (Å²) in [5.41, 5.74) is 13.1. The van der Waals surface area contributed by atoms with Gasteiger partial charge in [-0.3, -0.25) is 9.98 Å². The van der Waals surface area contributed by atoms with Gasteiger partial charge in [0.25, 0.3) is 0 Å². The molecule has 5 heterocycles. The van der Waals surface area contributed by atoms with Gasteiger partial charge in [-0.15, -0.1) is 0 Å². The van der Waals surface area contributed by atoms with Crippen molar-refractivity contribution < 1.29 is 0 Å². The van der Waals surface area contributed by atoms with Crippen LogP contribution >= 0.6 is 0 Å². The molecule has 11 rings (SSSR count). The lowest BCUT2D eigenvalue weighted by Crippen LogP contribution is -2.36. The van der Waals surface area contributed by atoms with Crippen LogP contribution in [-0.4, -0.2) is 25.6 Å². The average Bonchev–Trinajstić information content (AvgIpc) is 3.28. The van der Waals surface area contributed by atoms with Crippen molar-refractivity contribution in [3.05, 3.63) is 175 Å². The van der Waals surface area contributed by atoms with Crippen molar-refractivity contribution in [2.24, 2.45) is 22.7 Å². The maximum atomic E-state index is 5.51. The topological polar surface area (TPSA) is 63.9 Å². The number of rotatable bonds is 5. The lowest BCUT2D eigenvalue weighted by Gasteiger charge is -2.38. The molecule has 0 N–H and O–H groups in total. The molecular weight excluding hydrogens is 707 g/mol. The molecule has 4 unspecified atom stereocenters. The van der Waals surface area contributed by atoms with E-state index in [1.165, 1.54) is 28.5 Å². The number of allylic oxidation sites excluding steroid dienone is 3. The second kappa shape index (κ2) is 13.7. The summed E-state index contributed by atoms with van der Waals surface area (Å²) in [6.45, 7) is 4.57. The molecule has 2 aliphatic carbocycles. The maximum absolute atomic E-state index is 5.51. The quantitative estimate of drug-likeness (QED) is 0.164. The van der Waals surface area contributed by atoms with Gasteiger partial charge in [0.1, 0.15) is 5.54 Å². The van der Waals surface area contributed by atoms with Gasteiger partial charge in [0.15, 0.2) is 0 Å². The number of nitrogens with zero attached hydrogens (tertiary/aromatic N) is 5. The minimum atomic E-state index is -0.458. The van der Waals surface area contributed by atoms with E-state index in [0.29, 0.717) is 11.8 Å². The Morgan fingerprint density at radius 1 is 0.552 bits per heavy atom. The van der Waals surface area contributed by atoms with Gasteiger partial charge in [0, 0.05) is 57.4 Å². The summed E-state index contributed by atoms with van der Waals surface area (Å²) in [5, 5.41) is 4.55. The molecule has 58 heavy (non-hydrogen) atoms. The highest BCUT2D eigenvalue weighted by molar-refractivity contribution is 6.05. The van der Waals surface area contributed by atoms with Gasteiger partial charge in [-0.2, -0.15) is 0 Å². The first-order chi connectivity index (χ1) is 28.5. The molecule has 5 heteroatoms. The molecule has 0 bridgehead atoms. The molecule has 0 radical (unpaired) electrons. The number of dihydropyridines is 1. The lowest BCUT2D eigenvalue weighted by atomic mass is 9.74. The highest BCUT2D eigenvalue weighted by Gasteiger charge is 2.41. The Morgan fingerprint density at radius 3 is 1.97 bits per heavy atom. The van der Waals surface area contributed by atoms with Gasteiger partial charge < -0.3 is 0 Å². The van der Waals surface area contributed by atoms with E-state index in [0.717, 1.165) is 78.8 Å². The summed E-state index contributed by atoms with van der Waals surface area (Å²) in [6.07, 6.45) is 19.8. The van der Waals surface area contributed by atoms with Crippen LogP contribution in [0, 0.1) is 17.8 Å². The van der Waals surface area contributed by atoms with Crippen molar-refractivity contribution in [1.29, 1.82) is 0 Å². The van der Waals surface area contributed by atoms with Crippen molar-refractivity contribution >= 4 is 44.4 Å². The third-order valence-corrected chi connectivity index (χ3v) is 12.5. The fourth-order valence-electron chi connectivity index (χ4n) is 9.19. The summed E-state index contributed by atoms with van der Waals surface area (Å²) in [4.78, 5) is 25.4. The molecule has 4 aromatic carbocycles. The molecule has 0 saturated heterocycles. The monoisotopic (exact) mass is 747 g/mol. The maximum Gasteiger partial charge on any atom is 0.110 e. The Kier molecular flexibility index (Phi) is 8.11. The number of aliphatic imine (C=N–C) groups is 1. The van der Waals surface area contributed by atoms with E-state index in [1.807, 2.05) is 12.1 Å². The molecule has 0 fully saturated rings. The van der Waals surface area contributed by atoms with Crippen LogP contribution in [0.15, 0.2) is 169 Å². The Bertz CT molecular complexity index is 3070. The molecule has 4 atom stereocenters. The van der Waals surface area contributed by atoms with E-state index in [1.54, 1.807) is 12.4 Å². The molecule has 3 aliphatic rings. The van der Waals surface area contributed by atoms with Gasteiger partial charge in [-0.1, -0.05) is 116 Å². The zero-order chi connectivity index (χ0) is 38.8. The van der Waals surface area contributed by atoms with Crippen LogP contribution < -0.4 is 0 Å². The van der Waals surface area contributed by atoms with Gasteiger partial charge in [0.05, 0.1) is 33.8 Å². The van der Waals surface area contributed by atoms with Crippen molar-refractivity contribution in [3.8, 4) is 44.9 Å². The molecule has 278 valence electrons. The van der Waals surface area contributed by atoms with Crippen molar-refractivity contribution in [1.82, 2.24) is 19.9 Å². The number of hydrogen-bond donors (Lipinski definition) is 0. The molecule has 8 aromatic rings. The Labute approximate surface area is 338 Å². The molecule has 0 saturated carbocycles. The first-order valence-corrected chi connectivity index (χ1v) is 20.4. The van der Waals surface area contributed by atoms with Crippen LogP contribution in [0.1, 0.15) is 37.9 Å². The largest absolute Gasteiger partial charge is 0.275 e. The van der Waals surface area contributed by atoms with Crippen LogP contribution in [0.3, 0.4) is 0 Å². The molecule has 4 aromatic heterocycles. The van der Waals surface area contributed by atoms with Crippen molar-refractivity contribution in [2.45, 2.75) is 32.2 Å². The Morgan fingerprint density at radius 2 is 1.21 bits per heavy atom. The second-order valence-corrected chi connectivity index (χ2v) is 16.3. The first-order valence-electron chi connectivity index (χ1n) is 20.4. The molecular formula is C53H41N5. The summed E-state index contributed by atoms with van der Waals surface area (Å²) in [6, 6.07) is 43.1. The van der Waals surface area contributed by atoms with Crippen LogP contribution in [0.25, 0.3) is 83.6 Å². The van der Waals surface area contributed by atoms with Crippen LogP contribution in [0.4, 0.5) is 0 Å². The molecule has 5 nitrogen and oxygen atoms in total. The summed E-state index contributed by atoms with van der Waals surface area (Å²) < 4.78 is 0. The summed E-state index contributed by atoms with van der Waals surface area (Å²) in [7, 11) is 0. The Balaban J connectivity index is 0.953. The summed E-state index contributed by atoms with van der Waals surface area (Å²) >= 11 is 0. The summed E-state index contributed by atoms with van der Waals surface area (Å²) in [5.74, 6) is 1.16. The van der Waals surface area contributed by atoms with Crippen LogP contribution in [0.2, 0.25) is 0 Å². The van der Waals surface area contributed by atoms with E-state index >= 15 is 0 Å². The molecule has 1 aliphatic heterocycles. The highest BCUT2D eigenvalue weighted by atomic mass is 14.9. The zero-order valence-corrected chi connectivity index (χ0v) is 32.5. The normalized spacial score (nSPS) is 20.9. The zero-order valence-electron chi connectivity index (χ0n) is 32.5. The predicted molar refractivity (Wildman–Crippen MR) is 239 cm³/mol. The predicted octanol–water partition coefficient (Wildman–Crippen LogP) is 12.9. The molecule has 0 amide bonds. The van der Waals surface area contributed by atoms with Gasteiger partial charge in [-0.25, -0.2) is 15.0 Å². The van der Waals surface area contributed by atoms with E-state index < -0.39 is 5.54 Å². The van der Waals surface area contributed by atoms with Crippen LogP contribution in [0.5, 0.6) is 0 Å². The van der Waals surface area contributed by atoms with Gasteiger partial charge in [-0.05, 0) is 102 Å². The molecule has 0 spiro atoms. The number of hydrogen-bond acceptors (Lipinski definition) is 5. The van der Waals surface area contributed by atoms with E-state index in [4.69, 9.17) is 19.9 Å². The minimum Gasteiger partial charge on any atom is -0.275 e. The van der Waals surface area contributed by atoms with E-state index in [2.05, 4.69) is 164 Å². The third kappa shape index (κ3) is 5.89. The number of benzene rings is 4. The number of aromatic nitrogens is 4. The van der Waals surface area contributed by atoms with Crippen molar-refractivity contribution in [3.63, 3.8) is 0 Å². The smallest absolute Gasteiger partial charge is 0.110 e. The highest BCUT2D eigenvalue weighted by Crippen LogP contribution is 2.45. The first kappa shape index (κ1) is 34.4. The fraction of sp³-hybridized carbons (Fsp3) is 0.151. The van der Waals surface area contributed by atoms with E-state index in [9.17, 15) is 0 Å². The fourth-order valence-corrected chi connectivity index (χ4v) is 9.19. The van der Waals surface area contributed by atoms with E-state index in [-0.39, 0.29) is 5.92 Å². The second-order valence-electron chi connectivity index (χ2n) is 16.3. The lowest BCUT2D eigenvalue weighted by molar-refractivity contribution is 0.397. The van der Waals surface area contributed by atoms with Gasteiger partial charge in [0.2, 0.25) is 0 Å². The van der Waals surface area contributed by atoms with Gasteiger partial charge >= 0.3 is 0 Å². The number of pyridine rings is 4. The standard InChI is InChI=1S/C53H41N5/c1-33-7-9-34(10-8-33)48-26-20-41-19-15-38-18-25-49(57-52(38)53(41,2)58-48)45-22-21-42(43-5-3-4-6-44(43)45)39-13-11-35-17-24-47(56-50(35)31-39)40-14-12-36-16-23-46(55-51(36)32-40)37-27-29-54-30-28-37/h3-7,9,11-34,41H,8,10H2,1-2H3.